The van der Waals surface area contributed by atoms with E-state index in [2.05, 4.69) is 15.8 Å². The van der Waals surface area contributed by atoms with Gasteiger partial charge in [0.15, 0.2) is 5.11 Å². The van der Waals surface area contributed by atoms with Crippen molar-refractivity contribution in [3.05, 3.63) is 90.6 Å². The highest BCUT2D eigenvalue weighted by Crippen LogP contribution is 2.25. The number of aromatic nitrogens is 2. The lowest BCUT2D eigenvalue weighted by Crippen LogP contribution is -2.23. The van der Waals surface area contributed by atoms with Gasteiger partial charge in [0, 0.05) is 23.0 Å². The summed E-state index contributed by atoms with van der Waals surface area (Å²) in [5, 5.41) is 12.6. The summed E-state index contributed by atoms with van der Waals surface area (Å²) in [7, 11) is 3.27. The molecule has 33 heavy (non-hydrogen) atoms. The van der Waals surface area contributed by atoms with Crippen LogP contribution >= 0.6 is 12.2 Å². The van der Waals surface area contributed by atoms with Gasteiger partial charge in [0.05, 0.1) is 26.1 Å². The van der Waals surface area contributed by atoms with Crippen molar-refractivity contribution < 1.29 is 9.47 Å². The Kier molecular flexibility index (Phi) is 6.96. The Morgan fingerprint density at radius 3 is 2.18 bits per heavy atom. The first-order valence-corrected chi connectivity index (χ1v) is 10.6. The topological polar surface area (TPSA) is 72.7 Å². The summed E-state index contributed by atoms with van der Waals surface area (Å²) in [6, 6.07) is 25.1. The molecule has 0 amide bonds. The molecule has 4 rings (SSSR count). The molecular weight excluding hydrogens is 434 g/mol. The van der Waals surface area contributed by atoms with Gasteiger partial charge in [-0.2, -0.15) is 10.2 Å². The van der Waals surface area contributed by atoms with E-state index in [9.17, 15) is 0 Å². The number of anilines is 1. The minimum atomic E-state index is 0.373. The predicted molar refractivity (Wildman–Crippen MR) is 135 cm³/mol. The average molecular weight is 458 g/mol. The molecule has 3 aromatic carbocycles. The molecule has 1 aromatic heterocycles. The molecule has 0 spiro atoms. The highest BCUT2D eigenvalue weighted by Gasteiger charge is 2.11. The number of nitrogens with zero attached hydrogens (tertiary/aromatic N) is 3. The predicted octanol–water partition coefficient (Wildman–Crippen LogP) is 4.88. The lowest BCUT2D eigenvalue weighted by Gasteiger charge is -2.07. The minimum Gasteiger partial charge on any atom is -0.497 e. The summed E-state index contributed by atoms with van der Waals surface area (Å²) in [4.78, 5) is 0. The number of methoxy groups -OCH3 is 2. The molecule has 1 heterocycles. The van der Waals surface area contributed by atoms with Crippen molar-refractivity contribution in [3.8, 4) is 28.4 Å². The van der Waals surface area contributed by atoms with Crippen molar-refractivity contribution >= 4 is 29.2 Å². The molecule has 0 saturated carbocycles. The largest absolute Gasteiger partial charge is 0.497 e. The fourth-order valence-corrected chi connectivity index (χ4v) is 3.33. The van der Waals surface area contributed by atoms with E-state index < -0.39 is 0 Å². The van der Waals surface area contributed by atoms with Crippen LogP contribution in [0.5, 0.6) is 11.5 Å². The quantitative estimate of drug-likeness (QED) is 0.234. The van der Waals surface area contributed by atoms with Crippen molar-refractivity contribution in [1.82, 2.24) is 15.2 Å². The van der Waals surface area contributed by atoms with E-state index in [1.807, 2.05) is 89.7 Å². The number of benzene rings is 3. The first-order chi connectivity index (χ1) is 16.2. The second-order valence-electron chi connectivity index (χ2n) is 6.99. The Labute approximate surface area is 197 Å². The zero-order valence-corrected chi connectivity index (χ0v) is 19.0. The highest BCUT2D eigenvalue weighted by molar-refractivity contribution is 7.80. The molecule has 0 atom stereocenters. The molecule has 166 valence electrons. The van der Waals surface area contributed by atoms with Gasteiger partial charge in [-0.15, -0.1) is 0 Å². The monoisotopic (exact) mass is 457 g/mol. The van der Waals surface area contributed by atoms with Crippen LogP contribution in [0.3, 0.4) is 0 Å². The number of nitrogens with one attached hydrogen (secondary N) is 2. The number of hydrogen-bond acceptors (Lipinski definition) is 5. The molecule has 2 N–H and O–H groups in total. The maximum Gasteiger partial charge on any atom is 0.191 e. The standard InChI is InChI=1S/C25H23N5O2S/c1-31-22-12-8-18(9-13-22)24-19(17-30(29-24)21-6-4-3-5-7-21)16-26-28-25(33)27-20-10-14-23(32-2)15-11-20/h3-17H,1-2H3,(H2,27,28,33)/b26-16+. The zero-order valence-electron chi connectivity index (χ0n) is 18.2. The summed E-state index contributed by atoms with van der Waals surface area (Å²) in [6.45, 7) is 0. The average Bonchev–Trinajstić information content (AvgIpc) is 3.29. The number of thiocarbonyl (C=S) groups is 1. The van der Waals surface area contributed by atoms with Crippen molar-refractivity contribution in [3.63, 3.8) is 0 Å². The Morgan fingerprint density at radius 2 is 1.55 bits per heavy atom. The van der Waals surface area contributed by atoms with Gasteiger partial charge in [0.25, 0.3) is 0 Å². The van der Waals surface area contributed by atoms with Crippen LogP contribution in [-0.4, -0.2) is 35.3 Å². The number of rotatable bonds is 7. The summed E-state index contributed by atoms with van der Waals surface area (Å²) < 4.78 is 12.3. The van der Waals surface area contributed by atoms with E-state index in [0.29, 0.717) is 5.11 Å². The molecule has 0 bridgehead atoms. The number of hydrazone groups is 1. The van der Waals surface area contributed by atoms with E-state index >= 15 is 0 Å². The van der Waals surface area contributed by atoms with Crippen molar-refractivity contribution in [1.29, 1.82) is 0 Å². The van der Waals surface area contributed by atoms with Crippen LogP contribution in [0, 0.1) is 0 Å². The lowest BCUT2D eigenvalue weighted by atomic mass is 10.1. The highest BCUT2D eigenvalue weighted by atomic mass is 32.1. The first kappa shape index (κ1) is 22.0. The smallest absolute Gasteiger partial charge is 0.191 e. The van der Waals surface area contributed by atoms with Crippen molar-refractivity contribution in [2.45, 2.75) is 0 Å². The van der Waals surface area contributed by atoms with Gasteiger partial charge < -0.3 is 14.8 Å². The molecule has 0 aliphatic carbocycles. The second kappa shape index (κ2) is 10.4. The number of ether oxygens (including phenoxy) is 2. The molecule has 0 fully saturated rings. The first-order valence-electron chi connectivity index (χ1n) is 10.2. The van der Waals surface area contributed by atoms with Crippen LogP contribution < -0.4 is 20.2 Å². The fraction of sp³-hybridized carbons (Fsp3) is 0.0800. The number of para-hydroxylation sites is 1. The van der Waals surface area contributed by atoms with E-state index in [1.54, 1.807) is 20.4 Å². The van der Waals surface area contributed by atoms with Crippen molar-refractivity contribution in [2.75, 3.05) is 19.5 Å². The fourth-order valence-electron chi connectivity index (χ4n) is 3.16. The van der Waals surface area contributed by atoms with E-state index in [-0.39, 0.29) is 0 Å². The third-order valence-corrected chi connectivity index (χ3v) is 5.04. The van der Waals surface area contributed by atoms with Gasteiger partial charge >= 0.3 is 0 Å². The summed E-state index contributed by atoms with van der Waals surface area (Å²) >= 11 is 5.35. The second-order valence-corrected chi connectivity index (χ2v) is 7.40. The van der Waals surface area contributed by atoms with Crippen LogP contribution in [0.15, 0.2) is 90.2 Å². The molecule has 0 aliphatic heterocycles. The summed E-state index contributed by atoms with van der Waals surface area (Å²) in [5.74, 6) is 1.56. The molecular formula is C25H23N5O2S. The summed E-state index contributed by atoms with van der Waals surface area (Å²) in [5.41, 5.74) is 7.22. The van der Waals surface area contributed by atoms with Crippen LogP contribution in [0.4, 0.5) is 5.69 Å². The van der Waals surface area contributed by atoms with Crippen LogP contribution in [0.1, 0.15) is 5.56 Å². The third kappa shape index (κ3) is 5.55. The van der Waals surface area contributed by atoms with Crippen LogP contribution in [0.2, 0.25) is 0 Å². The Morgan fingerprint density at radius 1 is 0.909 bits per heavy atom. The van der Waals surface area contributed by atoms with Gasteiger partial charge in [0.1, 0.15) is 17.2 Å². The van der Waals surface area contributed by atoms with Gasteiger partial charge in [-0.05, 0) is 72.9 Å². The Balaban J connectivity index is 1.53. The number of hydrogen-bond donors (Lipinski definition) is 2. The molecule has 8 heteroatoms. The normalized spacial score (nSPS) is 10.7. The van der Waals surface area contributed by atoms with Crippen LogP contribution in [0.25, 0.3) is 16.9 Å². The van der Waals surface area contributed by atoms with Crippen molar-refractivity contribution in [2.24, 2.45) is 5.10 Å². The van der Waals surface area contributed by atoms with E-state index in [0.717, 1.165) is 39.7 Å². The SMILES string of the molecule is COc1ccc(NC(=S)N/N=C/c2cn(-c3ccccc3)nc2-c2ccc(OC)cc2)cc1. The van der Waals surface area contributed by atoms with Gasteiger partial charge in [-0.1, -0.05) is 18.2 Å². The van der Waals surface area contributed by atoms with Gasteiger partial charge in [0.2, 0.25) is 0 Å². The maximum atomic E-state index is 5.35. The van der Waals surface area contributed by atoms with E-state index in [1.165, 1.54) is 0 Å². The van der Waals surface area contributed by atoms with Gasteiger partial charge in [-0.25, -0.2) is 4.68 Å². The lowest BCUT2D eigenvalue weighted by molar-refractivity contribution is 0.415. The molecule has 0 unspecified atom stereocenters. The molecule has 7 nitrogen and oxygen atoms in total. The Hall–Kier alpha value is -4.17. The molecule has 0 radical (unpaired) electrons. The van der Waals surface area contributed by atoms with Gasteiger partial charge in [-0.3, -0.25) is 5.43 Å². The minimum absolute atomic E-state index is 0.373. The molecule has 0 aliphatic rings. The third-order valence-electron chi connectivity index (χ3n) is 4.84. The van der Waals surface area contributed by atoms with Crippen LogP contribution in [-0.2, 0) is 0 Å². The summed E-state index contributed by atoms with van der Waals surface area (Å²) in [6.07, 6.45) is 3.63. The zero-order chi connectivity index (χ0) is 23.0. The van der Waals surface area contributed by atoms with E-state index in [4.69, 9.17) is 26.8 Å². The molecule has 4 aromatic rings. The maximum absolute atomic E-state index is 5.35. The Bertz CT molecular complexity index is 1240. The molecule has 0 saturated heterocycles.